The standard InChI is InChI=1S/C23H32O6/c1-22-9-7-15(24)11-14(22)3-4-16-17-5-6-19(23(17,2)10-8-18(16)22)29-21(27)13-28-12-20(25)26/h11,16-19H,3-10,12-13H2,1-2H3,(H,25,26)/t16?,17?,18?,19-,22?,23?/m1/s1. The first kappa shape index (κ1) is 20.6. The van der Waals surface area contributed by atoms with Gasteiger partial charge >= 0.3 is 11.9 Å². The fourth-order valence-corrected chi connectivity index (χ4v) is 7.12. The van der Waals surface area contributed by atoms with Crippen LogP contribution in [0.15, 0.2) is 11.6 Å². The number of fused-ring (bicyclic) bond motifs is 5. The van der Waals surface area contributed by atoms with E-state index in [2.05, 4.69) is 13.8 Å². The minimum absolute atomic E-state index is 0.0221. The molecule has 0 aliphatic heterocycles. The van der Waals surface area contributed by atoms with Crippen molar-refractivity contribution in [2.75, 3.05) is 13.2 Å². The normalized spacial score (nSPS) is 41.0. The van der Waals surface area contributed by atoms with Crippen LogP contribution in [0.5, 0.6) is 0 Å². The van der Waals surface area contributed by atoms with Gasteiger partial charge in [0.1, 0.15) is 19.3 Å². The lowest BCUT2D eigenvalue weighted by molar-refractivity contribution is -0.166. The van der Waals surface area contributed by atoms with E-state index in [4.69, 9.17) is 14.6 Å². The van der Waals surface area contributed by atoms with E-state index < -0.39 is 18.5 Å². The molecule has 6 nitrogen and oxygen atoms in total. The summed E-state index contributed by atoms with van der Waals surface area (Å²) in [5.41, 5.74) is 1.50. The molecular formula is C23H32O6. The number of carboxylic acid groups (broad SMARTS) is 1. The molecule has 5 unspecified atom stereocenters. The summed E-state index contributed by atoms with van der Waals surface area (Å²) in [6.07, 6.45) is 9.69. The van der Waals surface area contributed by atoms with Gasteiger partial charge < -0.3 is 14.6 Å². The van der Waals surface area contributed by atoms with Gasteiger partial charge in [-0.15, -0.1) is 0 Å². The number of carbonyl (C=O) groups excluding carboxylic acids is 2. The van der Waals surface area contributed by atoms with Crippen molar-refractivity contribution in [3.05, 3.63) is 11.6 Å². The van der Waals surface area contributed by atoms with Crippen LogP contribution in [-0.4, -0.2) is 42.1 Å². The average Bonchev–Trinajstić information content (AvgIpc) is 2.98. The molecule has 3 fully saturated rings. The molecular weight excluding hydrogens is 372 g/mol. The Balaban J connectivity index is 1.45. The van der Waals surface area contributed by atoms with Crippen molar-refractivity contribution in [1.29, 1.82) is 0 Å². The summed E-state index contributed by atoms with van der Waals surface area (Å²) in [4.78, 5) is 34.7. The van der Waals surface area contributed by atoms with E-state index in [1.54, 1.807) is 0 Å². The summed E-state index contributed by atoms with van der Waals surface area (Å²) in [6, 6.07) is 0. The molecule has 4 rings (SSSR count). The van der Waals surface area contributed by atoms with Crippen LogP contribution in [0.4, 0.5) is 0 Å². The van der Waals surface area contributed by atoms with Crippen LogP contribution in [0.2, 0.25) is 0 Å². The highest BCUT2D eigenvalue weighted by atomic mass is 16.6. The van der Waals surface area contributed by atoms with Crippen molar-refractivity contribution in [2.24, 2.45) is 28.6 Å². The summed E-state index contributed by atoms with van der Waals surface area (Å²) >= 11 is 0. The maximum Gasteiger partial charge on any atom is 0.332 e. The second kappa shape index (κ2) is 7.53. The monoisotopic (exact) mass is 404 g/mol. The molecule has 0 aromatic heterocycles. The fraction of sp³-hybridized carbons (Fsp3) is 0.783. The van der Waals surface area contributed by atoms with Crippen LogP contribution < -0.4 is 0 Å². The highest BCUT2D eigenvalue weighted by molar-refractivity contribution is 5.91. The van der Waals surface area contributed by atoms with E-state index in [0.29, 0.717) is 24.2 Å². The van der Waals surface area contributed by atoms with Crippen molar-refractivity contribution in [3.8, 4) is 0 Å². The van der Waals surface area contributed by atoms with Crippen LogP contribution in [-0.2, 0) is 23.9 Å². The predicted octanol–water partition coefficient (Wildman–Crippen LogP) is 3.53. The number of rotatable bonds is 5. The number of carboxylic acids is 1. The van der Waals surface area contributed by atoms with E-state index in [9.17, 15) is 14.4 Å². The number of esters is 1. The van der Waals surface area contributed by atoms with Crippen LogP contribution >= 0.6 is 0 Å². The zero-order valence-electron chi connectivity index (χ0n) is 17.4. The summed E-state index contributed by atoms with van der Waals surface area (Å²) in [7, 11) is 0. The molecule has 160 valence electrons. The zero-order chi connectivity index (χ0) is 20.8. The zero-order valence-corrected chi connectivity index (χ0v) is 17.4. The van der Waals surface area contributed by atoms with E-state index in [0.717, 1.165) is 44.9 Å². The lowest BCUT2D eigenvalue weighted by Gasteiger charge is -2.57. The summed E-state index contributed by atoms with van der Waals surface area (Å²) in [5, 5.41) is 8.63. The average molecular weight is 405 g/mol. The molecule has 6 heteroatoms. The molecule has 3 saturated carbocycles. The molecule has 0 heterocycles. The van der Waals surface area contributed by atoms with Gasteiger partial charge in [-0.25, -0.2) is 9.59 Å². The van der Waals surface area contributed by atoms with Gasteiger partial charge in [-0.2, -0.15) is 0 Å². The lowest BCUT2D eigenvalue weighted by atomic mass is 9.47. The molecule has 1 N–H and O–H groups in total. The number of ether oxygens (including phenoxy) is 2. The van der Waals surface area contributed by atoms with Gasteiger partial charge in [0.25, 0.3) is 0 Å². The number of hydrogen-bond donors (Lipinski definition) is 1. The Morgan fingerprint density at radius 2 is 1.86 bits per heavy atom. The van der Waals surface area contributed by atoms with Gasteiger partial charge in [0, 0.05) is 11.8 Å². The topological polar surface area (TPSA) is 89.9 Å². The van der Waals surface area contributed by atoms with Crippen LogP contribution in [0, 0.1) is 28.6 Å². The van der Waals surface area contributed by atoms with Crippen molar-refractivity contribution in [1.82, 2.24) is 0 Å². The molecule has 0 spiro atoms. The second-order valence-electron chi connectivity index (χ2n) is 9.96. The third kappa shape index (κ3) is 3.54. The predicted molar refractivity (Wildman–Crippen MR) is 105 cm³/mol. The molecule has 0 aromatic rings. The van der Waals surface area contributed by atoms with Gasteiger partial charge in [0.2, 0.25) is 0 Å². The Morgan fingerprint density at radius 3 is 2.62 bits per heavy atom. The van der Waals surface area contributed by atoms with E-state index >= 15 is 0 Å². The molecule has 0 amide bonds. The van der Waals surface area contributed by atoms with Gasteiger partial charge in [-0.05, 0) is 74.2 Å². The van der Waals surface area contributed by atoms with Crippen LogP contribution in [0.25, 0.3) is 0 Å². The Hall–Kier alpha value is -1.69. The van der Waals surface area contributed by atoms with Crippen molar-refractivity contribution >= 4 is 17.7 Å². The van der Waals surface area contributed by atoms with E-state index in [1.807, 2.05) is 6.08 Å². The molecule has 0 radical (unpaired) electrons. The quantitative estimate of drug-likeness (QED) is 0.705. The number of hydrogen-bond acceptors (Lipinski definition) is 5. The first-order chi connectivity index (χ1) is 13.7. The molecule has 0 saturated heterocycles. The largest absolute Gasteiger partial charge is 0.480 e. The third-order valence-corrected chi connectivity index (χ3v) is 8.59. The molecule has 6 atom stereocenters. The number of aliphatic carboxylic acids is 1. The number of ketones is 1. The molecule has 4 aliphatic carbocycles. The molecule has 0 bridgehead atoms. The SMILES string of the molecule is CC12CCC(=O)C=C1CCC1C2CCC2(C)C1CC[C@H]2OC(=O)COCC(=O)O. The molecule has 29 heavy (non-hydrogen) atoms. The van der Waals surface area contributed by atoms with Gasteiger partial charge in [-0.3, -0.25) is 4.79 Å². The first-order valence-electron chi connectivity index (χ1n) is 11.0. The first-order valence-corrected chi connectivity index (χ1v) is 11.0. The highest BCUT2D eigenvalue weighted by Gasteiger charge is 2.59. The van der Waals surface area contributed by atoms with Crippen LogP contribution in [0.1, 0.15) is 65.2 Å². The van der Waals surface area contributed by atoms with Gasteiger partial charge in [0.05, 0.1) is 0 Å². The smallest absolute Gasteiger partial charge is 0.332 e. The third-order valence-electron chi connectivity index (χ3n) is 8.59. The summed E-state index contributed by atoms with van der Waals surface area (Å²) in [5.74, 6) is 0.502. The fourth-order valence-electron chi connectivity index (χ4n) is 7.12. The second-order valence-corrected chi connectivity index (χ2v) is 9.96. The molecule has 0 aromatic carbocycles. The van der Waals surface area contributed by atoms with Crippen molar-refractivity contribution in [3.63, 3.8) is 0 Å². The maximum absolute atomic E-state index is 12.2. The Morgan fingerprint density at radius 1 is 1.07 bits per heavy atom. The number of allylic oxidation sites excluding steroid dienone is 1. The van der Waals surface area contributed by atoms with Gasteiger partial charge in [-0.1, -0.05) is 19.4 Å². The highest BCUT2D eigenvalue weighted by Crippen LogP contribution is 2.65. The van der Waals surface area contributed by atoms with Gasteiger partial charge in [0.15, 0.2) is 5.78 Å². The Labute approximate surface area is 172 Å². The Bertz CT molecular complexity index is 742. The lowest BCUT2D eigenvalue weighted by Crippen LogP contribution is -2.51. The molecule has 4 aliphatic rings. The van der Waals surface area contributed by atoms with E-state index in [-0.39, 0.29) is 29.3 Å². The van der Waals surface area contributed by atoms with E-state index in [1.165, 1.54) is 5.57 Å². The van der Waals surface area contributed by atoms with Crippen molar-refractivity contribution in [2.45, 2.75) is 71.3 Å². The minimum Gasteiger partial charge on any atom is -0.480 e. The maximum atomic E-state index is 12.2. The Kier molecular flexibility index (Phi) is 5.34. The summed E-state index contributed by atoms with van der Waals surface area (Å²) < 4.78 is 10.7. The minimum atomic E-state index is -1.09. The number of carbonyl (C=O) groups is 3. The van der Waals surface area contributed by atoms with Crippen molar-refractivity contribution < 1.29 is 29.0 Å². The summed E-state index contributed by atoms with van der Waals surface area (Å²) in [6.45, 7) is 3.85. The van der Waals surface area contributed by atoms with Crippen LogP contribution in [0.3, 0.4) is 0 Å².